The molecule has 2 aliphatic rings. The maximum Gasteiger partial charge on any atom is 0.0661 e. The first-order valence-corrected chi connectivity index (χ1v) is 3.95. The first-order valence-electron chi connectivity index (χ1n) is 3.95. The molecule has 2 rings (SSSR count). The number of ether oxygens (including phenoxy) is 1. The number of hydrogen-bond donors (Lipinski definition) is 2. The largest absolute Gasteiger partial charge is 0.378 e. The van der Waals surface area contributed by atoms with Crippen LogP contribution in [0.5, 0.6) is 0 Å². The molecule has 0 amide bonds. The fourth-order valence-electron chi connectivity index (χ4n) is 1.72. The standard InChI is InChI=1S/C7H14N2O/c1-2-8-5-7(1)6-10-4-3-9-7/h8-9H,1-6H2. The third-order valence-electron chi connectivity index (χ3n) is 2.37. The van der Waals surface area contributed by atoms with E-state index in [2.05, 4.69) is 10.6 Å². The highest BCUT2D eigenvalue weighted by Gasteiger charge is 2.35. The molecule has 58 valence electrons. The highest BCUT2D eigenvalue weighted by atomic mass is 16.5. The van der Waals surface area contributed by atoms with Gasteiger partial charge >= 0.3 is 0 Å². The van der Waals surface area contributed by atoms with Crippen molar-refractivity contribution in [1.29, 1.82) is 0 Å². The Morgan fingerprint density at radius 3 is 2.90 bits per heavy atom. The van der Waals surface area contributed by atoms with Gasteiger partial charge in [-0.1, -0.05) is 0 Å². The summed E-state index contributed by atoms with van der Waals surface area (Å²) in [6, 6.07) is 0. The van der Waals surface area contributed by atoms with E-state index in [0.29, 0.717) is 0 Å². The van der Waals surface area contributed by atoms with Crippen molar-refractivity contribution < 1.29 is 4.74 Å². The molecule has 3 nitrogen and oxygen atoms in total. The summed E-state index contributed by atoms with van der Waals surface area (Å²) in [6.07, 6.45) is 1.22. The maximum atomic E-state index is 5.40. The minimum atomic E-state index is 0.290. The van der Waals surface area contributed by atoms with Gasteiger partial charge < -0.3 is 15.4 Å². The van der Waals surface area contributed by atoms with Crippen molar-refractivity contribution >= 4 is 0 Å². The third kappa shape index (κ3) is 1.05. The number of hydrogen-bond acceptors (Lipinski definition) is 3. The Morgan fingerprint density at radius 2 is 2.30 bits per heavy atom. The summed E-state index contributed by atoms with van der Waals surface area (Å²) < 4.78 is 5.40. The summed E-state index contributed by atoms with van der Waals surface area (Å²) in [7, 11) is 0. The Kier molecular flexibility index (Phi) is 1.64. The molecule has 3 heteroatoms. The van der Waals surface area contributed by atoms with E-state index in [4.69, 9.17) is 4.74 Å². The van der Waals surface area contributed by atoms with Gasteiger partial charge in [0.15, 0.2) is 0 Å². The molecule has 0 radical (unpaired) electrons. The monoisotopic (exact) mass is 142 g/mol. The van der Waals surface area contributed by atoms with Crippen LogP contribution in [0.15, 0.2) is 0 Å². The molecule has 10 heavy (non-hydrogen) atoms. The first-order chi connectivity index (χ1) is 4.91. The second-order valence-corrected chi connectivity index (χ2v) is 3.19. The van der Waals surface area contributed by atoms with E-state index in [0.717, 1.165) is 32.8 Å². The van der Waals surface area contributed by atoms with Crippen molar-refractivity contribution in [1.82, 2.24) is 10.6 Å². The van der Waals surface area contributed by atoms with Gasteiger partial charge in [0, 0.05) is 13.1 Å². The fourth-order valence-corrected chi connectivity index (χ4v) is 1.72. The third-order valence-corrected chi connectivity index (χ3v) is 2.37. The van der Waals surface area contributed by atoms with Crippen LogP contribution in [-0.2, 0) is 4.74 Å². The van der Waals surface area contributed by atoms with E-state index in [1.165, 1.54) is 6.42 Å². The molecule has 2 heterocycles. The summed E-state index contributed by atoms with van der Waals surface area (Å²) in [5, 5.41) is 6.85. The molecule has 2 N–H and O–H groups in total. The van der Waals surface area contributed by atoms with Gasteiger partial charge in [-0.25, -0.2) is 0 Å². The Balaban J connectivity index is 1.98. The summed E-state index contributed by atoms with van der Waals surface area (Å²) in [6.45, 7) is 4.99. The van der Waals surface area contributed by atoms with E-state index < -0.39 is 0 Å². The second-order valence-electron chi connectivity index (χ2n) is 3.19. The maximum absolute atomic E-state index is 5.40. The summed E-state index contributed by atoms with van der Waals surface area (Å²) in [4.78, 5) is 0. The van der Waals surface area contributed by atoms with Crippen LogP contribution < -0.4 is 10.6 Å². The zero-order chi connectivity index (χ0) is 6.86. The number of rotatable bonds is 0. The van der Waals surface area contributed by atoms with Crippen LogP contribution in [0.25, 0.3) is 0 Å². The summed E-state index contributed by atoms with van der Waals surface area (Å²) in [5.41, 5.74) is 0.290. The van der Waals surface area contributed by atoms with Crippen LogP contribution in [-0.4, -0.2) is 38.4 Å². The normalized spacial score (nSPS) is 40.8. The number of morpholine rings is 1. The van der Waals surface area contributed by atoms with Crippen LogP contribution in [0.1, 0.15) is 6.42 Å². The van der Waals surface area contributed by atoms with Crippen molar-refractivity contribution in [3.8, 4) is 0 Å². The smallest absolute Gasteiger partial charge is 0.0661 e. The molecule has 0 aliphatic carbocycles. The van der Waals surface area contributed by atoms with Gasteiger partial charge in [-0.3, -0.25) is 0 Å². The van der Waals surface area contributed by atoms with Gasteiger partial charge in [0.25, 0.3) is 0 Å². The lowest BCUT2D eigenvalue weighted by Gasteiger charge is -2.33. The molecule has 0 saturated carbocycles. The van der Waals surface area contributed by atoms with E-state index in [-0.39, 0.29) is 5.54 Å². The minimum Gasteiger partial charge on any atom is -0.378 e. The molecule has 1 spiro atoms. The summed E-state index contributed by atoms with van der Waals surface area (Å²) >= 11 is 0. The van der Waals surface area contributed by atoms with Crippen LogP contribution in [0, 0.1) is 0 Å². The van der Waals surface area contributed by atoms with Crippen molar-refractivity contribution in [2.24, 2.45) is 0 Å². The molecule has 2 aliphatic heterocycles. The molecular formula is C7H14N2O. The molecule has 0 bridgehead atoms. The van der Waals surface area contributed by atoms with E-state index in [1.54, 1.807) is 0 Å². The molecule has 1 atom stereocenters. The topological polar surface area (TPSA) is 33.3 Å². The van der Waals surface area contributed by atoms with E-state index >= 15 is 0 Å². The van der Waals surface area contributed by atoms with Crippen LogP contribution in [0.2, 0.25) is 0 Å². The average Bonchev–Trinajstić information content (AvgIpc) is 2.39. The van der Waals surface area contributed by atoms with Crippen molar-refractivity contribution in [3.63, 3.8) is 0 Å². The average molecular weight is 142 g/mol. The molecular weight excluding hydrogens is 128 g/mol. The predicted octanol–water partition coefficient (Wildman–Crippen LogP) is -0.662. The van der Waals surface area contributed by atoms with Gasteiger partial charge in [0.05, 0.1) is 18.8 Å². The van der Waals surface area contributed by atoms with Gasteiger partial charge in [-0.05, 0) is 13.0 Å². The highest BCUT2D eigenvalue weighted by Crippen LogP contribution is 2.16. The van der Waals surface area contributed by atoms with Crippen LogP contribution in [0.4, 0.5) is 0 Å². The molecule has 2 fully saturated rings. The molecule has 0 aromatic heterocycles. The first kappa shape index (κ1) is 6.58. The van der Waals surface area contributed by atoms with Crippen molar-refractivity contribution in [2.75, 3.05) is 32.8 Å². The lowest BCUT2D eigenvalue weighted by atomic mass is 9.99. The van der Waals surface area contributed by atoms with Crippen molar-refractivity contribution in [2.45, 2.75) is 12.0 Å². The van der Waals surface area contributed by atoms with Gasteiger partial charge in [-0.2, -0.15) is 0 Å². The van der Waals surface area contributed by atoms with Gasteiger partial charge in [0.2, 0.25) is 0 Å². The molecule has 0 aromatic carbocycles. The predicted molar refractivity (Wildman–Crippen MR) is 39.0 cm³/mol. The zero-order valence-corrected chi connectivity index (χ0v) is 6.15. The van der Waals surface area contributed by atoms with Crippen molar-refractivity contribution in [3.05, 3.63) is 0 Å². The quantitative estimate of drug-likeness (QED) is 0.471. The number of nitrogens with one attached hydrogen (secondary N) is 2. The summed E-state index contributed by atoms with van der Waals surface area (Å²) in [5.74, 6) is 0. The highest BCUT2D eigenvalue weighted by molar-refractivity contribution is 4.97. The fraction of sp³-hybridized carbons (Fsp3) is 1.00. The molecule has 2 saturated heterocycles. The van der Waals surface area contributed by atoms with Gasteiger partial charge in [0.1, 0.15) is 0 Å². The van der Waals surface area contributed by atoms with E-state index in [9.17, 15) is 0 Å². The Hall–Kier alpha value is -0.120. The van der Waals surface area contributed by atoms with Gasteiger partial charge in [-0.15, -0.1) is 0 Å². The Morgan fingerprint density at radius 1 is 1.30 bits per heavy atom. The molecule has 1 unspecified atom stereocenters. The second kappa shape index (κ2) is 2.49. The van der Waals surface area contributed by atoms with Crippen LogP contribution in [0.3, 0.4) is 0 Å². The minimum absolute atomic E-state index is 0.290. The SMILES string of the molecule is C1CC2(CN1)COCCN2. The Labute approximate surface area is 61.1 Å². The lowest BCUT2D eigenvalue weighted by molar-refractivity contribution is 0.0361. The van der Waals surface area contributed by atoms with E-state index in [1.807, 2.05) is 0 Å². The Bertz CT molecular complexity index is 113. The zero-order valence-electron chi connectivity index (χ0n) is 6.15. The van der Waals surface area contributed by atoms with Crippen LogP contribution >= 0.6 is 0 Å². The lowest BCUT2D eigenvalue weighted by Crippen LogP contribution is -2.55. The molecule has 0 aromatic rings.